The molecule has 0 spiro atoms. The second-order valence-corrected chi connectivity index (χ2v) is 7.68. The maximum absolute atomic E-state index is 12.5. The van der Waals surface area contributed by atoms with Gasteiger partial charge in [-0.1, -0.05) is 36.4 Å². The van der Waals surface area contributed by atoms with Crippen LogP contribution in [0.5, 0.6) is 0 Å². The van der Waals surface area contributed by atoms with E-state index >= 15 is 0 Å². The fraction of sp³-hybridized carbons (Fsp3) is 0. The predicted octanol–water partition coefficient (Wildman–Crippen LogP) is 4.45. The molecule has 25 heavy (non-hydrogen) atoms. The van der Waals surface area contributed by atoms with Gasteiger partial charge in [0.15, 0.2) is 5.78 Å². The fourth-order valence-electron chi connectivity index (χ4n) is 2.22. The third-order valence-corrected chi connectivity index (χ3v) is 5.54. The van der Waals surface area contributed by atoms with Gasteiger partial charge in [-0.25, -0.2) is 8.42 Å². The molecule has 0 amide bonds. The summed E-state index contributed by atoms with van der Waals surface area (Å²) in [5.74, 6) is -0.266. The number of sulfonamides is 1. The zero-order valence-electron chi connectivity index (χ0n) is 13.1. The average Bonchev–Trinajstić information content (AvgIpc) is 3.14. The minimum absolute atomic E-state index is 0.145. The highest BCUT2D eigenvalue weighted by Gasteiger charge is 2.17. The van der Waals surface area contributed by atoms with Crippen LogP contribution in [0.4, 0.5) is 5.69 Å². The number of carbonyl (C=O) groups excluding carboxylic acids is 1. The monoisotopic (exact) mass is 369 g/mol. The van der Waals surface area contributed by atoms with Crippen LogP contribution in [0.25, 0.3) is 6.08 Å². The largest absolute Gasteiger partial charge is 0.289 e. The second kappa shape index (κ2) is 7.46. The maximum Gasteiger partial charge on any atom is 0.261 e. The second-order valence-electron chi connectivity index (χ2n) is 5.22. The Balaban J connectivity index is 1.87. The molecule has 0 aliphatic heterocycles. The Morgan fingerprint density at radius 1 is 0.960 bits per heavy atom. The van der Waals surface area contributed by atoms with E-state index in [9.17, 15) is 13.2 Å². The van der Waals surface area contributed by atoms with Crippen molar-refractivity contribution in [2.24, 2.45) is 0 Å². The van der Waals surface area contributed by atoms with Gasteiger partial charge in [-0.05, 0) is 52.7 Å². The third kappa shape index (κ3) is 4.23. The fourth-order valence-corrected chi connectivity index (χ4v) is 3.95. The van der Waals surface area contributed by atoms with E-state index in [2.05, 4.69) is 4.72 Å². The molecule has 3 rings (SSSR count). The van der Waals surface area contributed by atoms with Crippen molar-refractivity contribution in [2.75, 3.05) is 4.72 Å². The quantitative estimate of drug-likeness (QED) is 0.516. The Bertz CT molecular complexity index is 992. The molecule has 1 aromatic heterocycles. The molecule has 0 aliphatic rings. The molecule has 0 unspecified atom stereocenters. The van der Waals surface area contributed by atoms with Crippen molar-refractivity contribution in [1.82, 2.24) is 0 Å². The zero-order valence-corrected chi connectivity index (χ0v) is 14.8. The lowest BCUT2D eigenvalue weighted by molar-refractivity contribution is 0.104. The van der Waals surface area contributed by atoms with Crippen LogP contribution in [0.3, 0.4) is 0 Å². The molecule has 0 saturated heterocycles. The first-order valence-electron chi connectivity index (χ1n) is 7.48. The average molecular weight is 369 g/mol. The highest BCUT2D eigenvalue weighted by Crippen LogP contribution is 2.21. The summed E-state index contributed by atoms with van der Waals surface area (Å²) in [4.78, 5) is 12.6. The van der Waals surface area contributed by atoms with Crippen molar-refractivity contribution in [2.45, 2.75) is 4.90 Å². The van der Waals surface area contributed by atoms with E-state index in [1.165, 1.54) is 18.2 Å². The molecule has 0 saturated carbocycles. The summed E-state index contributed by atoms with van der Waals surface area (Å²) in [6, 6.07) is 16.5. The SMILES string of the molecule is O=C(/C=C/c1ccsc1)c1ccccc1NS(=O)(=O)c1ccccc1. The lowest BCUT2D eigenvalue weighted by atomic mass is 10.1. The summed E-state index contributed by atoms with van der Waals surface area (Å²) >= 11 is 1.54. The molecule has 0 aliphatic carbocycles. The van der Waals surface area contributed by atoms with Gasteiger partial charge in [0.1, 0.15) is 0 Å². The van der Waals surface area contributed by atoms with Crippen molar-refractivity contribution in [3.63, 3.8) is 0 Å². The molecule has 1 N–H and O–H groups in total. The van der Waals surface area contributed by atoms with E-state index < -0.39 is 10.0 Å². The first-order chi connectivity index (χ1) is 12.1. The summed E-state index contributed by atoms with van der Waals surface area (Å²) in [6.45, 7) is 0. The molecule has 3 aromatic rings. The number of anilines is 1. The van der Waals surface area contributed by atoms with E-state index in [4.69, 9.17) is 0 Å². The van der Waals surface area contributed by atoms with Gasteiger partial charge >= 0.3 is 0 Å². The van der Waals surface area contributed by atoms with E-state index in [1.807, 2.05) is 16.8 Å². The number of nitrogens with one attached hydrogen (secondary N) is 1. The van der Waals surface area contributed by atoms with E-state index in [-0.39, 0.29) is 16.4 Å². The van der Waals surface area contributed by atoms with Crippen molar-refractivity contribution < 1.29 is 13.2 Å². The number of rotatable bonds is 6. The molecule has 2 aromatic carbocycles. The predicted molar refractivity (Wildman–Crippen MR) is 101 cm³/mol. The number of carbonyl (C=O) groups is 1. The van der Waals surface area contributed by atoms with Gasteiger partial charge in [-0.2, -0.15) is 11.3 Å². The molecular formula is C19H15NO3S2. The minimum Gasteiger partial charge on any atom is -0.289 e. The molecule has 0 fully saturated rings. The number of thiophene rings is 1. The van der Waals surface area contributed by atoms with E-state index in [0.717, 1.165) is 5.56 Å². The lowest BCUT2D eigenvalue weighted by Gasteiger charge is -2.11. The van der Waals surface area contributed by atoms with Crippen molar-refractivity contribution in [3.8, 4) is 0 Å². The van der Waals surface area contributed by atoms with Crippen LogP contribution in [-0.2, 0) is 10.0 Å². The summed E-state index contributed by atoms with van der Waals surface area (Å²) in [5, 5.41) is 3.85. The van der Waals surface area contributed by atoms with Crippen LogP contribution in [-0.4, -0.2) is 14.2 Å². The molecule has 0 atom stereocenters. The van der Waals surface area contributed by atoms with Crippen molar-refractivity contribution in [3.05, 3.63) is 88.6 Å². The Kier molecular flexibility index (Phi) is 5.11. The van der Waals surface area contributed by atoms with Crippen molar-refractivity contribution >= 4 is 38.9 Å². The molecule has 126 valence electrons. The number of para-hydroxylation sites is 1. The highest BCUT2D eigenvalue weighted by molar-refractivity contribution is 7.92. The summed E-state index contributed by atoms with van der Waals surface area (Å²) < 4.78 is 27.5. The Morgan fingerprint density at radius 2 is 1.68 bits per heavy atom. The molecule has 1 heterocycles. The smallest absolute Gasteiger partial charge is 0.261 e. The Labute approximate surface area is 150 Å². The third-order valence-electron chi connectivity index (χ3n) is 3.46. The standard InChI is InChI=1S/C19H15NO3S2/c21-19(11-10-15-12-13-24-14-15)17-8-4-5-9-18(17)20-25(22,23)16-6-2-1-3-7-16/h1-14,20H/b11-10+. The summed E-state index contributed by atoms with van der Waals surface area (Å²) in [7, 11) is -3.75. The van der Waals surface area contributed by atoms with Gasteiger partial charge in [0.2, 0.25) is 0 Å². The summed E-state index contributed by atoms with van der Waals surface area (Å²) in [6.07, 6.45) is 3.15. The van der Waals surface area contributed by atoms with Crippen LogP contribution >= 0.6 is 11.3 Å². The molecule has 0 radical (unpaired) electrons. The van der Waals surface area contributed by atoms with Crippen molar-refractivity contribution in [1.29, 1.82) is 0 Å². The van der Waals surface area contributed by atoms with E-state index in [0.29, 0.717) is 5.56 Å². The van der Waals surface area contributed by atoms with Crippen LogP contribution < -0.4 is 4.72 Å². The molecular weight excluding hydrogens is 354 g/mol. The normalized spacial score (nSPS) is 11.5. The maximum atomic E-state index is 12.5. The number of ketones is 1. The van der Waals surface area contributed by atoms with Crippen LogP contribution in [0.15, 0.2) is 82.4 Å². The first kappa shape index (κ1) is 17.1. The number of hydrogen-bond donors (Lipinski definition) is 1. The van der Waals surface area contributed by atoms with Gasteiger partial charge < -0.3 is 0 Å². The molecule has 6 heteroatoms. The summed E-state index contributed by atoms with van der Waals surface area (Å²) in [5.41, 5.74) is 1.49. The van der Waals surface area contributed by atoms with Gasteiger partial charge in [-0.3, -0.25) is 9.52 Å². The Morgan fingerprint density at radius 3 is 2.40 bits per heavy atom. The molecule has 0 bridgehead atoms. The molecule has 4 nitrogen and oxygen atoms in total. The number of allylic oxidation sites excluding steroid dienone is 1. The van der Waals surface area contributed by atoms with Gasteiger partial charge in [-0.15, -0.1) is 0 Å². The number of hydrogen-bond acceptors (Lipinski definition) is 4. The van der Waals surface area contributed by atoms with Gasteiger partial charge in [0.05, 0.1) is 10.6 Å². The minimum atomic E-state index is -3.75. The van der Waals surface area contributed by atoms with Crippen LogP contribution in [0, 0.1) is 0 Å². The van der Waals surface area contributed by atoms with E-state index in [1.54, 1.807) is 59.9 Å². The Hall–Kier alpha value is -2.70. The van der Waals surface area contributed by atoms with Crippen LogP contribution in [0.2, 0.25) is 0 Å². The zero-order chi connectivity index (χ0) is 17.7. The highest BCUT2D eigenvalue weighted by atomic mass is 32.2. The lowest BCUT2D eigenvalue weighted by Crippen LogP contribution is -2.15. The van der Waals surface area contributed by atoms with Gasteiger partial charge in [0.25, 0.3) is 10.0 Å². The number of benzene rings is 2. The van der Waals surface area contributed by atoms with Crippen LogP contribution in [0.1, 0.15) is 15.9 Å². The topological polar surface area (TPSA) is 63.2 Å². The first-order valence-corrected chi connectivity index (χ1v) is 9.90. The van der Waals surface area contributed by atoms with Gasteiger partial charge in [0, 0.05) is 5.56 Å².